The van der Waals surface area contributed by atoms with Crippen LogP contribution in [0.15, 0.2) is 18.2 Å². The highest BCUT2D eigenvalue weighted by molar-refractivity contribution is 5.64. The first kappa shape index (κ1) is 10.5. The van der Waals surface area contributed by atoms with Gasteiger partial charge in [0.25, 0.3) is 0 Å². The highest BCUT2D eigenvalue weighted by atomic mass is 19.1. The van der Waals surface area contributed by atoms with Gasteiger partial charge in [-0.1, -0.05) is 12.1 Å². The molecule has 0 atom stereocenters. The van der Waals surface area contributed by atoms with E-state index in [2.05, 4.69) is 0 Å². The van der Waals surface area contributed by atoms with Crippen molar-refractivity contribution in [1.29, 1.82) is 0 Å². The van der Waals surface area contributed by atoms with Crippen molar-refractivity contribution in [1.82, 2.24) is 4.90 Å². The lowest BCUT2D eigenvalue weighted by atomic mass is 10.1. The molecule has 1 N–H and O–H groups in total. The maximum atomic E-state index is 12.9. The van der Waals surface area contributed by atoms with E-state index < -0.39 is 6.09 Å². The first-order chi connectivity index (χ1) is 6.50. The molecule has 76 valence electrons. The molecule has 0 unspecified atom stereocenters. The number of aryl methyl sites for hydroxylation is 1. The molecule has 0 bridgehead atoms. The summed E-state index contributed by atoms with van der Waals surface area (Å²) in [5.41, 5.74) is 1.31. The molecular formula is C10H12FNO2. The van der Waals surface area contributed by atoms with Crippen molar-refractivity contribution in [2.24, 2.45) is 0 Å². The van der Waals surface area contributed by atoms with Gasteiger partial charge in [-0.3, -0.25) is 0 Å². The van der Waals surface area contributed by atoms with E-state index in [-0.39, 0.29) is 12.4 Å². The summed E-state index contributed by atoms with van der Waals surface area (Å²) in [6.07, 6.45) is -0.994. The number of carbonyl (C=O) groups is 1. The summed E-state index contributed by atoms with van der Waals surface area (Å²) in [5.74, 6) is -0.272. The van der Waals surface area contributed by atoms with Gasteiger partial charge in [0.2, 0.25) is 0 Å². The second-order valence-corrected chi connectivity index (χ2v) is 3.22. The average Bonchev–Trinajstić information content (AvgIpc) is 2.11. The second kappa shape index (κ2) is 4.09. The zero-order chi connectivity index (χ0) is 10.7. The molecule has 0 radical (unpaired) electrons. The van der Waals surface area contributed by atoms with Crippen molar-refractivity contribution in [3.8, 4) is 0 Å². The molecule has 4 heteroatoms. The topological polar surface area (TPSA) is 40.5 Å². The SMILES string of the molecule is Cc1cc(CN(C)C(=O)O)ccc1F. The largest absolute Gasteiger partial charge is 0.465 e. The first-order valence-corrected chi connectivity index (χ1v) is 4.20. The number of nitrogens with zero attached hydrogens (tertiary/aromatic N) is 1. The van der Waals surface area contributed by atoms with Crippen LogP contribution < -0.4 is 0 Å². The third kappa shape index (κ3) is 2.45. The molecular weight excluding hydrogens is 185 g/mol. The zero-order valence-electron chi connectivity index (χ0n) is 8.12. The molecule has 0 spiro atoms. The van der Waals surface area contributed by atoms with E-state index in [0.29, 0.717) is 5.56 Å². The number of halogens is 1. The third-order valence-electron chi connectivity index (χ3n) is 1.97. The molecule has 0 saturated heterocycles. The maximum Gasteiger partial charge on any atom is 0.407 e. The van der Waals surface area contributed by atoms with Crippen LogP contribution in [0.3, 0.4) is 0 Å². The standard InChI is InChI=1S/C10H12FNO2/c1-7-5-8(3-4-9(7)11)6-12(2)10(13)14/h3-5H,6H2,1-2H3,(H,13,14). The number of carboxylic acid groups (broad SMARTS) is 1. The lowest BCUT2D eigenvalue weighted by Gasteiger charge is -2.13. The summed E-state index contributed by atoms with van der Waals surface area (Å²) in [6.45, 7) is 1.93. The second-order valence-electron chi connectivity index (χ2n) is 3.22. The van der Waals surface area contributed by atoms with Crippen molar-refractivity contribution in [3.05, 3.63) is 35.1 Å². The van der Waals surface area contributed by atoms with Gasteiger partial charge >= 0.3 is 6.09 Å². The number of benzene rings is 1. The van der Waals surface area contributed by atoms with Gasteiger partial charge in [-0.05, 0) is 24.1 Å². The Hall–Kier alpha value is -1.58. The van der Waals surface area contributed by atoms with E-state index in [1.165, 1.54) is 13.1 Å². The van der Waals surface area contributed by atoms with Crippen LogP contribution in [-0.4, -0.2) is 23.1 Å². The summed E-state index contributed by atoms with van der Waals surface area (Å²) in [4.78, 5) is 11.7. The van der Waals surface area contributed by atoms with Crippen molar-refractivity contribution in [3.63, 3.8) is 0 Å². The van der Waals surface area contributed by atoms with Crippen molar-refractivity contribution in [2.75, 3.05) is 7.05 Å². The number of hydrogen-bond donors (Lipinski definition) is 1. The van der Waals surface area contributed by atoms with E-state index in [1.807, 2.05) is 0 Å². The van der Waals surface area contributed by atoms with E-state index >= 15 is 0 Å². The Morgan fingerprint density at radius 1 is 1.57 bits per heavy atom. The Balaban J connectivity index is 2.78. The van der Waals surface area contributed by atoms with Gasteiger partial charge in [0, 0.05) is 13.6 Å². The van der Waals surface area contributed by atoms with Crippen LogP contribution in [0, 0.1) is 12.7 Å². The molecule has 0 aliphatic carbocycles. The summed E-state index contributed by atoms with van der Waals surface area (Å²) >= 11 is 0. The maximum absolute atomic E-state index is 12.9. The Labute approximate surface area is 81.8 Å². The fourth-order valence-electron chi connectivity index (χ4n) is 1.15. The Morgan fingerprint density at radius 3 is 2.71 bits per heavy atom. The fraction of sp³-hybridized carbons (Fsp3) is 0.300. The Morgan fingerprint density at radius 2 is 2.21 bits per heavy atom. The van der Waals surface area contributed by atoms with E-state index in [0.717, 1.165) is 10.5 Å². The van der Waals surface area contributed by atoms with Crippen LogP contribution in [0.4, 0.5) is 9.18 Å². The van der Waals surface area contributed by atoms with Crippen molar-refractivity contribution in [2.45, 2.75) is 13.5 Å². The van der Waals surface area contributed by atoms with Gasteiger partial charge in [0.05, 0.1) is 0 Å². The summed E-state index contributed by atoms with van der Waals surface area (Å²) in [7, 11) is 1.47. The lowest BCUT2D eigenvalue weighted by Crippen LogP contribution is -2.23. The number of amides is 1. The Kier molecular flexibility index (Phi) is 3.06. The first-order valence-electron chi connectivity index (χ1n) is 4.20. The third-order valence-corrected chi connectivity index (χ3v) is 1.97. The molecule has 0 heterocycles. The molecule has 1 rings (SSSR count). The number of hydrogen-bond acceptors (Lipinski definition) is 1. The van der Waals surface area contributed by atoms with E-state index in [1.54, 1.807) is 19.1 Å². The van der Waals surface area contributed by atoms with Crippen LogP contribution in [0.1, 0.15) is 11.1 Å². The molecule has 0 aromatic heterocycles. The quantitative estimate of drug-likeness (QED) is 0.789. The molecule has 0 fully saturated rings. The van der Waals surface area contributed by atoms with Gasteiger partial charge in [0.1, 0.15) is 5.82 Å². The highest BCUT2D eigenvalue weighted by Gasteiger charge is 2.06. The van der Waals surface area contributed by atoms with Crippen molar-refractivity contribution < 1.29 is 14.3 Å². The molecule has 1 aromatic carbocycles. The van der Waals surface area contributed by atoms with Gasteiger partial charge in [-0.25, -0.2) is 9.18 Å². The van der Waals surface area contributed by atoms with Crippen molar-refractivity contribution >= 4 is 6.09 Å². The molecule has 1 amide bonds. The molecule has 3 nitrogen and oxygen atoms in total. The highest BCUT2D eigenvalue weighted by Crippen LogP contribution is 2.10. The summed E-state index contributed by atoms with van der Waals surface area (Å²) < 4.78 is 12.9. The van der Waals surface area contributed by atoms with Crippen LogP contribution in [0.2, 0.25) is 0 Å². The van der Waals surface area contributed by atoms with Gasteiger partial charge < -0.3 is 10.0 Å². The van der Waals surface area contributed by atoms with Crippen LogP contribution in [0.5, 0.6) is 0 Å². The normalized spacial score (nSPS) is 9.93. The average molecular weight is 197 g/mol. The van der Waals surface area contributed by atoms with Crippen LogP contribution >= 0.6 is 0 Å². The minimum Gasteiger partial charge on any atom is -0.465 e. The van der Waals surface area contributed by atoms with Gasteiger partial charge in [-0.2, -0.15) is 0 Å². The monoisotopic (exact) mass is 197 g/mol. The minimum atomic E-state index is -0.994. The minimum absolute atomic E-state index is 0.272. The predicted octanol–water partition coefficient (Wildman–Crippen LogP) is 2.24. The summed E-state index contributed by atoms with van der Waals surface area (Å²) in [6, 6.07) is 4.58. The molecule has 1 aromatic rings. The van der Waals surface area contributed by atoms with Gasteiger partial charge in [-0.15, -0.1) is 0 Å². The zero-order valence-corrected chi connectivity index (χ0v) is 8.12. The fourth-order valence-corrected chi connectivity index (χ4v) is 1.15. The number of rotatable bonds is 2. The van der Waals surface area contributed by atoms with Crippen LogP contribution in [-0.2, 0) is 6.54 Å². The van der Waals surface area contributed by atoms with Crippen LogP contribution in [0.25, 0.3) is 0 Å². The Bertz CT molecular complexity index is 352. The molecule has 0 aliphatic rings. The van der Waals surface area contributed by atoms with E-state index in [9.17, 15) is 9.18 Å². The smallest absolute Gasteiger partial charge is 0.407 e. The van der Waals surface area contributed by atoms with E-state index in [4.69, 9.17) is 5.11 Å². The van der Waals surface area contributed by atoms with Gasteiger partial charge in [0.15, 0.2) is 0 Å². The lowest BCUT2D eigenvalue weighted by molar-refractivity contribution is 0.153. The summed E-state index contributed by atoms with van der Waals surface area (Å²) in [5, 5.41) is 8.62. The molecule has 14 heavy (non-hydrogen) atoms. The predicted molar refractivity (Wildman–Crippen MR) is 50.6 cm³/mol. The molecule has 0 saturated carbocycles. The molecule has 0 aliphatic heterocycles.